The highest BCUT2D eigenvalue weighted by Crippen LogP contribution is 2.23. The molecule has 2 nitrogen and oxygen atoms in total. The molecule has 0 radical (unpaired) electrons. The zero-order valence-electron chi connectivity index (χ0n) is 14.9. The molecule has 0 aliphatic carbocycles. The van der Waals surface area contributed by atoms with Crippen molar-refractivity contribution in [3.63, 3.8) is 0 Å². The summed E-state index contributed by atoms with van der Waals surface area (Å²) in [5.74, 6) is 1.42. The largest absolute Gasteiger partial charge is 0.377 e. The molecule has 0 fully saturated rings. The van der Waals surface area contributed by atoms with Gasteiger partial charge in [0.2, 0.25) is 0 Å². The van der Waals surface area contributed by atoms with Gasteiger partial charge in [-0.05, 0) is 38.1 Å². The minimum Gasteiger partial charge on any atom is -0.377 e. The van der Waals surface area contributed by atoms with Gasteiger partial charge in [0.15, 0.2) is 0 Å². The maximum absolute atomic E-state index is 6.05. The Labute approximate surface area is 128 Å². The van der Waals surface area contributed by atoms with Crippen molar-refractivity contribution in [1.82, 2.24) is 5.32 Å². The van der Waals surface area contributed by atoms with Crippen LogP contribution in [-0.4, -0.2) is 25.3 Å². The van der Waals surface area contributed by atoms with Gasteiger partial charge < -0.3 is 10.1 Å². The molecule has 0 bridgehead atoms. The minimum atomic E-state index is 0.349. The Bertz CT molecular complexity index is 206. The van der Waals surface area contributed by atoms with Gasteiger partial charge in [-0.3, -0.25) is 0 Å². The van der Waals surface area contributed by atoms with Crippen molar-refractivity contribution >= 4 is 0 Å². The standard InChI is InChI=1S/C18H39NO/c1-7-11-12-16(9-3)14-17(19-13-8-2)18(15(5)6)20-10-4/h15-19H,7-14H2,1-6H3. The Hall–Kier alpha value is -0.0800. The first kappa shape index (κ1) is 19.9. The van der Waals surface area contributed by atoms with E-state index in [0.717, 1.165) is 19.1 Å². The van der Waals surface area contributed by atoms with E-state index >= 15 is 0 Å². The van der Waals surface area contributed by atoms with Gasteiger partial charge in [0.1, 0.15) is 0 Å². The molecule has 2 heteroatoms. The maximum Gasteiger partial charge on any atom is 0.0750 e. The van der Waals surface area contributed by atoms with Crippen LogP contribution in [0.3, 0.4) is 0 Å². The van der Waals surface area contributed by atoms with E-state index in [0.29, 0.717) is 18.1 Å². The van der Waals surface area contributed by atoms with Crippen LogP contribution in [0.5, 0.6) is 0 Å². The number of unbranched alkanes of at least 4 members (excludes halogenated alkanes) is 1. The summed E-state index contributed by atoms with van der Waals surface area (Å²) in [5, 5.41) is 3.75. The molecular formula is C18H39NO. The van der Waals surface area contributed by atoms with Crippen LogP contribution in [0.25, 0.3) is 0 Å². The van der Waals surface area contributed by atoms with E-state index in [1.807, 2.05) is 0 Å². The Kier molecular flexibility index (Phi) is 12.6. The van der Waals surface area contributed by atoms with Gasteiger partial charge in [-0.2, -0.15) is 0 Å². The Balaban J connectivity index is 4.63. The summed E-state index contributed by atoms with van der Waals surface area (Å²) in [5.41, 5.74) is 0. The Morgan fingerprint density at radius 1 is 1.00 bits per heavy atom. The molecule has 0 saturated heterocycles. The maximum atomic E-state index is 6.05. The first-order valence-corrected chi connectivity index (χ1v) is 8.95. The van der Waals surface area contributed by atoms with Gasteiger partial charge in [-0.15, -0.1) is 0 Å². The van der Waals surface area contributed by atoms with E-state index < -0.39 is 0 Å². The van der Waals surface area contributed by atoms with Crippen molar-refractivity contribution < 1.29 is 4.74 Å². The van der Waals surface area contributed by atoms with Crippen LogP contribution < -0.4 is 5.32 Å². The van der Waals surface area contributed by atoms with Crippen molar-refractivity contribution in [1.29, 1.82) is 0 Å². The van der Waals surface area contributed by atoms with Gasteiger partial charge in [0.05, 0.1) is 6.10 Å². The quantitative estimate of drug-likeness (QED) is 0.513. The monoisotopic (exact) mass is 285 g/mol. The third-order valence-electron chi connectivity index (χ3n) is 4.20. The fourth-order valence-corrected chi connectivity index (χ4v) is 2.97. The average Bonchev–Trinajstić information content (AvgIpc) is 2.44. The highest BCUT2D eigenvalue weighted by Gasteiger charge is 2.26. The molecule has 0 aromatic carbocycles. The molecule has 0 aromatic heterocycles. The zero-order valence-corrected chi connectivity index (χ0v) is 14.9. The van der Waals surface area contributed by atoms with Gasteiger partial charge in [-0.25, -0.2) is 0 Å². The Morgan fingerprint density at radius 2 is 1.70 bits per heavy atom. The molecule has 0 rings (SSSR count). The van der Waals surface area contributed by atoms with E-state index in [2.05, 4.69) is 46.9 Å². The molecule has 0 saturated carbocycles. The number of hydrogen-bond acceptors (Lipinski definition) is 2. The second kappa shape index (κ2) is 12.6. The molecule has 0 spiro atoms. The molecule has 122 valence electrons. The van der Waals surface area contributed by atoms with E-state index in [9.17, 15) is 0 Å². The highest BCUT2D eigenvalue weighted by atomic mass is 16.5. The summed E-state index contributed by atoms with van der Waals surface area (Å²) in [6.45, 7) is 15.5. The first-order valence-electron chi connectivity index (χ1n) is 8.95. The van der Waals surface area contributed by atoms with Crippen LogP contribution in [0.15, 0.2) is 0 Å². The third-order valence-corrected chi connectivity index (χ3v) is 4.20. The minimum absolute atomic E-state index is 0.349. The second-order valence-corrected chi connectivity index (χ2v) is 6.38. The van der Waals surface area contributed by atoms with Crippen molar-refractivity contribution in [3.8, 4) is 0 Å². The average molecular weight is 286 g/mol. The molecule has 0 aliphatic heterocycles. The first-order chi connectivity index (χ1) is 9.60. The predicted molar refractivity (Wildman–Crippen MR) is 90.3 cm³/mol. The summed E-state index contributed by atoms with van der Waals surface area (Å²) in [4.78, 5) is 0. The van der Waals surface area contributed by atoms with Crippen LogP contribution in [0.4, 0.5) is 0 Å². The molecule has 3 atom stereocenters. The number of rotatable bonds is 13. The third kappa shape index (κ3) is 8.26. The second-order valence-electron chi connectivity index (χ2n) is 6.38. The molecule has 0 amide bonds. The van der Waals surface area contributed by atoms with Crippen LogP contribution in [-0.2, 0) is 4.74 Å². The summed E-state index contributed by atoms with van der Waals surface area (Å²) in [6, 6.07) is 0.511. The molecule has 0 heterocycles. The lowest BCUT2D eigenvalue weighted by Crippen LogP contribution is -2.45. The lowest BCUT2D eigenvalue weighted by Gasteiger charge is -2.33. The van der Waals surface area contributed by atoms with E-state index in [1.165, 1.54) is 38.5 Å². The topological polar surface area (TPSA) is 21.3 Å². The van der Waals surface area contributed by atoms with Crippen molar-refractivity contribution in [2.45, 2.75) is 92.2 Å². The molecular weight excluding hydrogens is 246 g/mol. The molecule has 0 aromatic rings. The van der Waals surface area contributed by atoms with Crippen LogP contribution in [0.2, 0.25) is 0 Å². The molecule has 0 aliphatic rings. The van der Waals surface area contributed by atoms with Gasteiger partial charge in [-0.1, -0.05) is 60.3 Å². The fourth-order valence-electron chi connectivity index (χ4n) is 2.97. The summed E-state index contributed by atoms with van der Waals surface area (Å²) < 4.78 is 6.05. The Morgan fingerprint density at radius 3 is 2.15 bits per heavy atom. The normalized spacial score (nSPS) is 16.4. The zero-order chi connectivity index (χ0) is 15.4. The number of nitrogens with one attached hydrogen (secondary N) is 1. The van der Waals surface area contributed by atoms with E-state index in [-0.39, 0.29) is 0 Å². The van der Waals surface area contributed by atoms with E-state index in [1.54, 1.807) is 0 Å². The van der Waals surface area contributed by atoms with Crippen molar-refractivity contribution in [2.75, 3.05) is 13.2 Å². The summed E-state index contributed by atoms with van der Waals surface area (Å²) >= 11 is 0. The van der Waals surface area contributed by atoms with Gasteiger partial charge >= 0.3 is 0 Å². The van der Waals surface area contributed by atoms with Crippen molar-refractivity contribution in [2.24, 2.45) is 11.8 Å². The van der Waals surface area contributed by atoms with Crippen LogP contribution in [0, 0.1) is 11.8 Å². The van der Waals surface area contributed by atoms with Gasteiger partial charge in [0, 0.05) is 12.6 Å². The number of hydrogen-bond donors (Lipinski definition) is 1. The summed E-state index contributed by atoms with van der Waals surface area (Å²) in [7, 11) is 0. The predicted octanol–water partition coefficient (Wildman–Crippen LogP) is 5.02. The molecule has 20 heavy (non-hydrogen) atoms. The lowest BCUT2D eigenvalue weighted by molar-refractivity contribution is -0.00290. The van der Waals surface area contributed by atoms with Crippen LogP contribution in [0.1, 0.15) is 80.1 Å². The van der Waals surface area contributed by atoms with Crippen molar-refractivity contribution in [3.05, 3.63) is 0 Å². The van der Waals surface area contributed by atoms with Gasteiger partial charge in [0.25, 0.3) is 0 Å². The highest BCUT2D eigenvalue weighted by molar-refractivity contribution is 4.82. The summed E-state index contributed by atoms with van der Waals surface area (Å²) in [6.07, 6.45) is 8.14. The number of ether oxygens (including phenoxy) is 1. The van der Waals surface area contributed by atoms with E-state index in [4.69, 9.17) is 4.74 Å². The lowest BCUT2D eigenvalue weighted by atomic mass is 9.87. The van der Waals surface area contributed by atoms with Crippen LogP contribution >= 0.6 is 0 Å². The molecule has 1 N–H and O–H groups in total. The fraction of sp³-hybridized carbons (Fsp3) is 1.00. The molecule has 3 unspecified atom stereocenters. The smallest absolute Gasteiger partial charge is 0.0750 e. The SMILES string of the molecule is CCCCC(CC)CC(NCCC)C(OCC)C(C)C.